The van der Waals surface area contributed by atoms with Gasteiger partial charge >= 0.3 is 0 Å². The lowest BCUT2D eigenvalue weighted by molar-refractivity contribution is 0.794. The highest BCUT2D eigenvalue weighted by Crippen LogP contribution is 2.65. The summed E-state index contributed by atoms with van der Waals surface area (Å²) in [6, 6.07) is 78.4. The molecule has 288 valence electrons. The van der Waals surface area contributed by atoms with Crippen molar-refractivity contribution in [3.05, 3.63) is 241 Å². The number of para-hydroxylation sites is 4. The summed E-state index contributed by atoms with van der Waals surface area (Å²) >= 11 is 0. The predicted molar refractivity (Wildman–Crippen MR) is 252 cm³/mol. The number of imidazole rings is 1. The molecule has 0 amide bonds. The molecule has 0 radical (unpaired) electrons. The number of rotatable bonds is 5. The van der Waals surface area contributed by atoms with Crippen molar-refractivity contribution in [2.45, 2.75) is 5.41 Å². The lowest BCUT2D eigenvalue weighted by Gasteiger charge is -2.30. The summed E-state index contributed by atoms with van der Waals surface area (Å²) in [5.41, 5.74) is 20.1. The molecule has 1 atom stereocenters. The minimum Gasteiger partial charge on any atom is -0.292 e. The van der Waals surface area contributed by atoms with E-state index in [1.54, 1.807) is 0 Å². The van der Waals surface area contributed by atoms with Crippen LogP contribution in [0.15, 0.2) is 218 Å². The first-order chi connectivity index (χ1) is 30.8. The Morgan fingerprint density at radius 1 is 0.339 bits per heavy atom. The first-order valence-electron chi connectivity index (χ1n) is 21.2. The standard InChI is InChI=1S/C58H36N4/c1-3-17-38(18-4-1)55-44-23-9-12-30-50(44)59-56(61-55)45-25-16-29-49-54(45)43-22-8-11-27-47(43)58(49)46-26-10-7-21-42(46)53-41(24-15-28-48(53)58)37-33-35-39(36-34-37)57-60-51-31-13-14-32-52(51)62(57)40-19-5-2-6-20-40/h1-36H. The highest BCUT2D eigenvalue weighted by molar-refractivity contribution is 6.03. The molecule has 9 aromatic carbocycles. The van der Waals surface area contributed by atoms with Crippen LogP contribution in [0.1, 0.15) is 22.3 Å². The van der Waals surface area contributed by atoms with Crippen molar-refractivity contribution in [1.82, 2.24) is 19.5 Å². The van der Waals surface area contributed by atoms with Gasteiger partial charge in [0.2, 0.25) is 0 Å². The molecule has 0 saturated heterocycles. The van der Waals surface area contributed by atoms with Crippen molar-refractivity contribution in [2.24, 2.45) is 0 Å². The van der Waals surface area contributed by atoms with Crippen LogP contribution in [-0.2, 0) is 5.41 Å². The van der Waals surface area contributed by atoms with Crippen LogP contribution < -0.4 is 0 Å². The highest BCUT2D eigenvalue weighted by Gasteiger charge is 2.52. The minimum atomic E-state index is -0.538. The SMILES string of the molecule is c1ccc(-c2nc(-c3cccc4c3-c3ccccc3C43c4ccccc4-c4c(-c5ccc(-c6nc7ccccc7n6-c6ccccc6)cc5)cccc43)nc3ccccc23)cc1. The number of benzene rings is 9. The molecule has 2 aromatic heterocycles. The smallest absolute Gasteiger partial charge is 0.161 e. The number of fused-ring (bicyclic) bond motifs is 12. The largest absolute Gasteiger partial charge is 0.292 e. The average Bonchev–Trinajstić information content (AvgIpc) is 3.99. The Balaban J connectivity index is 1.01. The zero-order chi connectivity index (χ0) is 40.8. The molecule has 11 aromatic rings. The molecule has 2 heterocycles. The third kappa shape index (κ3) is 4.86. The van der Waals surface area contributed by atoms with E-state index in [-0.39, 0.29) is 0 Å². The Bertz CT molecular complexity index is 3570. The molecule has 0 bridgehead atoms. The van der Waals surface area contributed by atoms with E-state index in [4.69, 9.17) is 15.0 Å². The summed E-state index contributed by atoms with van der Waals surface area (Å²) in [5, 5.41) is 1.04. The van der Waals surface area contributed by atoms with Crippen LogP contribution in [0.4, 0.5) is 0 Å². The van der Waals surface area contributed by atoms with E-state index in [1.807, 2.05) is 0 Å². The highest BCUT2D eigenvalue weighted by atomic mass is 15.1. The average molecular weight is 789 g/mol. The fraction of sp³-hybridized carbons (Fsp3) is 0.0172. The van der Waals surface area contributed by atoms with Gasteiger partial charge in [-0.05, 0) is 86.0 Å². The van der Waals surface area contributed by atoms with Crippen LogP contribution in [-0.4, -0.2) is 19.5 Å². The van der Waals surface area contributed by atoms with Gasteiger partial charge in [-0.3, -0.25) is 4.57 Å². The Morgan fingerprint density at radius 2 is 0.871 bits per heavy atom. The van der Waals surface area contributed by atoms with Crippen molar-refractivity contribution in [3.8, 4) is 73.1 Å². The van der Waals surface area contributed by atoms with E-state index in [9.17, 15) is 0 Å². The van der Waals surface area contributed by atoms with Gasteiger partial charge in [0.1, 0.15) is 5.82 Å². The topological polar surface area (TPSA) is 43.6 Å². The first-order valence-corrected chi connectivity index (χ1v) is 21.2. The van der Waals surface area contributed by atoms with Crippen molar-refractivity contribution >= 4 is 21.9 Å². The molecule has 1 spiro atoms. The summed E-state index contributed by atoms with van der Waals surface area (Å²) in [5.74, 6) is 1.65. The zero-order valence-electron chi connectivity index (χ0n) is 33.6. The molecule has 13 rings (SSSR count). The van der Waals surface area contributed by atoms with E-state index >= 15 is 0 Å². The maximum atomic E-state index is 5.40. The van der Waals surface area contributed by atoms with Gasteiger partial charge in [-0.1, -0.05) is 188 Å². The van der Waals surface area contributed by atoms with E-state index in [2.05, 4.69) is 223 Å². The van der Waals surface area contributed by atoms with E-state index in [0.29, 0.717) is 0 Å². The van der Waals surface area contributed by atoms with Gasteiger partial charge in [0.25, 0.3) is 0 Å². The molecule has 0 saturated carbocycles. The van der Waals surface area contributed by atoms with Gasteiger partial charge in [0.05, 0.1) is 27.7 Å². The van der Waals surface area contributed by atoms with Gasteiger partial charge in [-0.2, -0.15) is 0 Å². The lowest BCUT2D eigenvalue weighted by Crippen LogP contribution is -2.25. The van der Waals surface area contributed by atoms with Crippen molar-refractivity contribution in [3.63, 3.8) is 0 Å². The van der Waals surface area contributed by atoms with Crippen molar-refractivity contribution < 1.29 is 0 Å². The molecule has 0 aliphatic heterocycles. The van der Waals surface area contributed by atoms with Crippen molar-refractivity contribution in [2.75, 3.05) is 0 Å². The molecule has 2 aliphatic rings. The van der Waals surface area contributed by atoms with Crippen LogP contribution in [0.5, 0.6) is 0 Å². The minimum absolute atomic E-state index is 0.538. The van der Waals surface area contributed by atoms with Crippen molar-refractivity contribution in [1.29, 1.82) is 0 Å². The van der Waals surface area contributed by atoms with E-state index < -0.39 is 5.41 Å². The maximum absolute atomic E-state index is 5.40. The number of nitrogens with zero attached hydrogens (tertiary/aromatic N) is 4. The quantitative estimate of drug-likeness (QED) is 0.174. The number of aromatic nitrogens is 4. The normalized spacial score (nSPS) is 14.5. The molecule has 4 heteroatoms. The molecule has 2 aliphatic carbocycles. The third-order valence-corrected chi connectivity index (χ3v) is 13.1. The third-order valence-electron chi connectivity index (χ3n) is 13.1. The number of hydrogen-bond donors (Lipinski definition) is 0. The van der Waals surface area contributed by atoms with Gasteiger partial charge in [0, 0.05) is 27.8 Å². The summed E-state index contributed by atoms with van der Waals surface area (Å²) in [6.07, 6.45) is 0. The Kier molecular flexibility index (Phi) is 7.49. The van der Waals surface area contributed by atoms with Gasteiger partial charge in [-0.15, -0.1) is 0 Å². The molecule has 0 N–H and O–H groups in total. The van der Waals surface area contributed by atoms with Gasteiger partial charge in [-0.25, -0.2) is 15.0 Å². The molecular weight excluding hydrogens is 753 g/mol. The monoisotopic (exact) mass is 788 g/mol. The molecule has 1 unspecified atom stereocenters. The second-order valence-corrected chi connectivity index (χ2v) is 16.2. The second kappa shape index (κ2) is 13.4. The maximum Gasteiger partial charge on any atom is 0.161 e. The summed E-state index contributed by atoms with van der Waals surface area (Å²) in [7, 11) is 0. The summed E-state index contributed by atoms with van der Waals surface area (Å²) < 4.78 is 2.26. The molecular formula is C58H36N4. The zero-order valence-corrected chi connectivity index (χ0v) is 33.6. The fourth-order valence-electron chi connectivity index (χ4n) is 10.5. The number of hydrogen-bond acceptors (Lipinski definition) is 3. The Morgan fingerprint density at radius 3 is 1.60 bits per heavy atom. The van der Waals surface area contributed by atoms with Crippen LogP contribution in [0.3, 0.4) is 0 Å². The fourth-order valence-corrected chi connectivity index (χ4v) is 10.5. The van der Waals surface area contributed by atoms with Crippen LogP contribution >= 0.6 is 0 Å². The second-order valence-electron chi connectivity index (χ2n) is 16.2. The van der Waals surface area contributed by atoms with Crippen LogP contribution in [0.2, 0.25) is 0 Å². The summed E-state index contributed by atoms with van der Waals surface area (Å²) in [6.45, 7) is 0. The molecule has 4 nitrogen and oxygen atoms in total. The summed E-state index contributed by atoms with van der Waals surface area (Å²) in [4.78, 5) is 15.8. The van der Waals surface area contributed by atoms with E-state index in [1.165, 1.54) is 50.1 Å². The van der Waals surface area contributed by atoms with Gasteiger partial charge in [0.15, 0.2) is 5.82 Å². The van der Waals surface area contributed by atoms with Crippen LogP contribution in [0.25, 0.3) is 95.0 Å². The predicted octanol–water partition coefficient (Wildman–Crippen LogP) is 14.0. The first kappa shape index (κ1) is 34.6. The van der Waals surface area contributed by atoms with E-state index in [0.717, 1.165) is 67.2 Å². The lowest BCUT2D eigenvalue weighted by atomic mass is 9.70. The Labute approximate surface area is 359 Å². The molecule has 0 fully saturated rings. The molecule has 62 heavy (non-hydrogen) atoms. The van der Waals surface area contributed by atoms with Crippen LogP contribution in [0, 0.1) is 0 Å². The van der Waals surface area contributed by atoms with Gasteiger partial charge < -0.3 is 0 Å². The Hall–Kier alpha value is -8.21.